The van der Waals surface area contributed by atoms with Gasteiger partial charge in [0.25, 0.3) is 0 Å². The van der Waals surface area contributed by atoms with Crippen LogP contribution in [0.25, 0.3) is 0 Å². The monoisotopic (exact) mass is 429 g/mol. The smallest absolute Gasteiger partial charge is 0.174 e. The van der Waals surface area contributed by atoms with Gasteiger partial charge in [0, 0.05) is 16.8 Å². The Morgan fingerprint density at radius 1 is 0.867 bits per heavy atom. The molecule has 0 amide bonds. The maximum atomic E-state index is 6.32. The van der Waals surface area contributed by atoms with E-state index >= 15 is 0 Å². The van der Waals surface area contributed by atoms with Crippen molar-refractivity contribution in [2.24, 2.45) is 0 Å². The third-order valence-electron chi connectivity index (χ3n) is 4.99. The summed E-state index contributed by atoms with van der Waals surface area (Å²) in [6.45, 7) is 0. The zero-order valence-electron chi connectivity index (χ0n) is 16.0. The molecule has 2 atom stereocenters. The lowest BCUT2D eigenvalue weighted by molar-refractivity contribution is 0.383. The molecule has 1 aliphatic heterocycles. The lowest BCUT2D eigenvalue weighted by Crippen LogP contribution is -2.29. The molecule has 2 unspecified atom stereocenters. The molecule has 2 aromatic heterocycles. The van der Waals surface area contributed by atoms with Crippen LogP contribution in [0.5, 0.6) is 0 Å². The van der Waals surface area contributed by atoms with Crippen molar-refractivity contribution in [3.05, 3.63) is 109 Å². The van der Waals surface area contributed by atoms with E-state index in [1.165, 1.54) is 0 Å². The molecule has 0 spiro atoms. The van der Waals surface area contributed by atoms with Gasteiger partial charge in [-0.25, -0.2) is 0 Å². The van der Waals surface area contributed by atoms with E-state index in [-0.39, 0.29) is 12.1 Å². The van der Waals surface area contributed by atoms with Gasteiger partial charge in [-0.05, 0) is 60.7 Å². The summed E-state index contributed by atoms with van der Waals surface area (Å²) in [6.07, 6.45) is 1.81. The predicted octanol–water partition coefficient (Wildman–Crippen LogP) is 6.00. The average Bonchev–Trinajstić information content (AvgIpc) is 3.39. The van der Waals surface area contributed by atoms with E-state index in [1.54, 1.807) is 18.0 Å². The number of anilines is 1. The molecule has 1 fully saturated rings. The zero-order chi connectivity index (χ0) is 20.3. The van der Waals surface area contributed by atoms with Gasteiger partial charge < -0.3 is 14.6 Å². The Labute approximate surface area is 184 Å². The lowest BCUT2D eigenvalue weighted by atomic mass is 10.0. The van der Waals surface area contributed by atoms with Gasteiger partial charge in [-0.15, -0.1) is 0 Å². The van der Waals surface area contributed by atoms with Crippen LogP contribution in [0, 0.1) is 0 Å². The molecular weight excluding hydrogens is 410 g/mol. The van der Waals surface area contributed by atoms with Crippen LogP contribution in [-0.4, -0.2) is 10.1 Å². The predicted molar refractivity (Wildman–Crippen MR) is 124 cm³/mol. The fourth-order valence-electron chi connectivity index (χ4n) is 3.66. The van der Waals surface area contributed by atoms with Crippen LogP contribution in [0.3, 0.4) is 0 Å². The highest BCUT2D eigenvalue weighted by Gasteiger charge is 2.42. The Morgan fingerprint density at radius 2 is 1.60 bits per heavy atom. The van der Waals surface area contributed by atoms with Gasteiger partial charge in [-0.2, -0.15) is 0 Å². The van der Waals surface area contributed by atoms with Gasteiger partial charge in [0.05, 0.1) is 11.7 Å². The average molecular weight is 430 g/mol. The first-order valence-corrected chi connectivity index (χ1v) is 10.9. The van der Waals surface area contributed by atoms with Gasteiger partial charge in [0.15, 0.2) is 10.2 Å². The molecular formula is C24H19N3OS2. The van der Waals surface area contributed by atoms with Crippen LogP contribution in [-0.2, 0) is 0 Å². The molecule has 0 radical (unpaired) electrons. The van der Waals surface area contributed by atoms with E-state index in [1.807, 2.05) is 66.7 Å². The number of furan rings is 1. The van der Waals surface area contributed by atoms with Gasteiger partial charge in [0.2, 0.25) is 0 Å². The summed E-state index contributed by atoms with van der Waals surface area (Å²) >= 11 is 7.34. The zero-order valence-corrected chi connectivity index (χ0v) is 17.6. The highest BCUT2D eigenvalue weighted by Crippen LogP contribution is 2.43. The number of rotatable bonds is 5. The van der Waals surface area contributed by atoms with Crippen LogP contribution in [0.15, 0.2) is 112 Å². The molecule has 0 aliphatic carbocycles. The standard InChI is InChI=1S/C24H19N3OS2/c29-24-26-22(19-13-7-8-16-25-19)23(27(24)17-9-3-1-4-10-17)20-14-15-21(28-20)30-18-11-5-2-6-12-18/h1-16,22-23H,(H,26,29). The largest absolute Gasteiger partial charge is 0.452 e. The quantitative estimate of drug-likeness (QED) is 0.392. The molecule has 1 saturated heterocycles. The van der Waals surface area contributed by atoms with Crippen molar-refractivity contribution in [3.63, 3.8) is 0 Å². The van der Waals surface area contributed by atoms with Gasteiger partial charge >= 0.3 is 0 Å². The SMILES string of the molecule is S=C1NC(c2ccccn2)C(c2ccc(Sc3ccccc3)o2)N1c1ccccc1. The Kier molecular flexibility index (Phi) is 5.26. The van der Waals surface area contributed by atoms with E-state index in [0.717, 1.165) is 27.1 Å². The first-order valence-electron chi connectivity index (χ1n) is 9.68. The minimum absolute atomic E-state index is 0.111. The number of para-hydroxylation sites is 1. The first-order chi connectivity index (χ1) is 14.8. The minimum Gasteiger partial charge on any atom is -0.452 e. The summed E-state index contributed by atoms with van der Waals surface area (Å²) in [5.41, 5.74) is 1.95. The molecule has 0 bridgehead atoms. The molecule has 4 nitrogen and oxygen atoms in total. The van der Waals surface area contributed by atoms with Gasteiger partial charge in [-0.3, -0.25) is 4.98 Å². The van der Waals surface area contributed by atoms with Crippen LogP contribution in [0.1, 0.15) is 23.5 Å². The first kappa shape index (κ1) is 18.9. The second-order valence-electron chi connectivity index (χ2n) is 6.90. The molecule has 4 aromatic rings. The van der Waals surface area contributed by atoms with Crippen molar-refractivity contribution in [3.8, 4) is 0 Å². The number of nitrogens with zero attached hydrogens (tertiary/aromatic N) is 2. The van der Waals surface area contributed by atoms with Crippen molar-refractivity contribution in [1.82, 2.24) is 10.3 Å². The normalized spacial score (nSPS) is 18.4. The summed E-state index contributed by atoms with van der Waals surface area (Å²) in [6, 6.07) is 30.1. The second kappa shape index (κ2) is 8.34. The fraction of sp³-hybridized carbons (Fsp3) is 0.0833. The maximum Gasteiger partial charge on any atom is 0.174 e. The summed E-state index contributed by atoms with van der Waals surface area (Å²) < 4.78 is 6.32. The lowest BCUT2D eigenvalue weighted by Gasteiger charge is -2.26. The molecule has 1 aliphatic rings. The van der Waals surface area contributed by atoms with E-state index in [2.05, 4.69) is 39.5 Å². The number of nitrogens with one attached hydrogen (secondary N) is 1. The topological polar surface area (TPSA) is 41.3 Å². The third-order valence-corrected chi connectivity index (χ3v) is 6.23. The van der Waals surface area contributed by atoms with E-state index in [9.17, 15) is 0 Å². The van der Waals surface area contributed by atoms with Crippen LogP contribution in [0.2, 0.25) is 0 Å². The van der Waals surface area contributed by atoms with Crippen molar-refractivity contribution < 1.29 is 4.42 Å². The number of aromatic nitrogens is 1. The summed E-state index contributed by atoms with van der Waals surface area (Å²) in [4.78, 5) is 7.83. The van der Waals surface area contributed by atoms with E-state index < -0.39 is 0 Å². The third kappa shape index (κ3) is 3.72. The van der Waals surface area contributed by atoms with E-state index in [0.29, 0.717) is 5.11 Å². The number of thiocarbonyl (C=S) groups is 1. The fourth-order valence-corrected chi connectivity index (χ4v) is 4.81. The molecule has 30 heavy (non-hydrogen) atoms. The Morgan fingerprint density at radius 3 is 2.33 bits per heavy atom. The molecule has 6 heteroatoms. The van der Waals surface area contributed by atoms with Crippen molar-refractivity contribution in [2.45, 2.75) is 22.1 Å². The van der Waals surface area contributed by atoms with Crippen molar-refractivity contribution in [1.29, 1.82) is 0 Å². The molecule has 1 N–H and O–H groups in total. The molecule has 148 valence electrons. The minimum atomic E-state index is -0.139. The summed E-state index contributed by atoms with van der Waals surface area (Å²) in [5.74, 6) is 0.847. The highest BCUT2D eigenvalue weighted by molar-refractivity contribution is 7.99. The summed E-state index contributed by atoms with van der Waals surface area (Å²) in [5, 5.41) is 4.97. The molecule has 5 rings (SSSR count). The van der Waals surface area contributed by atoms with Crippen molar-refractivity contribution >= 4 is 34.8 Å². The molecule has 3 heterocycles. The van der Waals surface area contributed by atoms with E-state index in [4.69, 9.17) is 16.6 Å². The molecule has 0 saturated carbocycles. The second-order valence-corrected chi connectivity index (χ2v) is 8.37. The van der Waals surface area contributed by atoms with Crippen LogP contribution in [0.4, 0.5) is 5.69 Å². The number of hydrogen-bond donors (Lipinski definition) is 1. The number of hydrogen-bond acceptors (Lipinski definition) is 4. The van der Waals surface area contributed by atoms with Crippen LogP contribution < -0.4 is 10.2 Å². The Hall–Kier alpha value is -3.09. The number of pyridine rings is 1. The Bertz CT molecular complexity index is 1130. The van der Waals surface area contributed by atoms with Crippen molar-refractivity contribution in [2.75, 3.05) is 4.90 Å². The van der Waals surface area contributed by atoms with Gasteiger partial charge in [-0.1, -0.05) is 54.2 Å². The maximum absolute atomic E-state index is 6.32. The summed E-state index contributed by atoms with van der Waals surface area (Å²) in [7, 11) is 0. The highest BCUT2D eigenvalue weighted by atomic mass is 32.2. The number of benzene rings is 2. The van der Waals surface area contributed by atoms with Crippen LogP contribution >= 0.6 is 24.0 Å². The van der Waals surface area contributed by atoms with Gasteiger partial charge in [0.1, 0.15) is 11.8 Å². The Balaban J connectivity index is 1.53. The molecule has 2 aromatic carbocycles.